The molecule has 0 spiro atoms. The predicted octanol–water partition coefficient (Wildman–Crippen LogP) is 2.03. The topological polar surface area (TPSA) is 97.1 Å². The predicted molar refractivity (Wildman–Crippen MR) is 102 cm³/mol. The fourth-order valence-corrected chi connectivity index (χ4v) is 2.47. The number of hydrogen-bond donors (Lipinski definition) is 3. The fraction of sp³-hybridized carbons (Fsp3) is 0.350. The number of amides is 2. The third-order valence-corrected chi connectivity index (χ3v) is 4.25. The third kappa shape index (κ3) is 5.39. The first-order chi connectivity index (χ1) is 12.4. The monoisotopic (exact) mass is 354 g/mol. The Morgan fingerprint density at radius 3 is 2.15 bits per heavy atom. The highest BCUT2D eigenvalue weighted by Crippen LogP contribution is 2.21. The average molecular weight is 354 g/mol. The Bertz CT molecular complexity index is 729. The molecule has 2 aromatic rings. The van der Waals surface area contributed by atoms with E-state index < -0.39 is 6.04 Å². The van der Waals surface area contributed by atoms with Crippen molar-refractivity contribution in [2.45, 2.75) is 32.9 Å². The van der Waals surface area contributed by atoms with Crippen LogP contribution in [0.5, 0.6) is 0 Å². The van der Waals surface area contributed by atoms with Crippen LogP contribution in [0.2, 0.25) is 0 Å². The summed E-state index contributed by atoms with van der Waals surface area (Å²) in [4.78, 5) is 27.8. The average Bonchev–Trinajstić information content (AvgIpc) is 2.66. The highest BCUT2D eigenvalue weighted by atomic mass is 16.2. The number of hydrogen-bond acceptors (Lipinski definition) is 4. The van der Waals surface area contributed by atoms with Gasteiger partial charge in [0.15, 0.2) is 0 Å². The molecule has 1 heterocycles. The first kappa shape index (κ1) is 19.6. The molecule has 1 unspecified atom stereocenters. The van der Waals surface area contributed by atoms with Gasteiger partial charge in [0.25, 0.3) is 0 Å². The Labute approximate surface area is 154 Å². The van der Waals surface area contributed by atoms with Crippen molar-refractivity contribution in [2.75, 3.05) is 6.54 Å². The number of carbonyl (C=O) groups excluding carboxylic acids is 2. The summed E-state index contributed by atoms with van der Waals surface area (Å²) in [6.07, 6.45) is 3.51. The summed E-state index contributed by atoms with van der Waals surface area (Å²) in [5, 5.41) is 5.44. The lowest BCUT2D eigenvalue weighted by molar-refractivity contribution is -0.127. The highest BCUT2D eigenvalue weighted by Gasteiger charge is 2.18. The second kappa shape index (κ2) is 9.10. The number of benzene rings is 1. The van der Waals surface area contributed by atoms with Gasteiger partial charge >= 0.3 is 0 Å². The van der Waals surface area contributed by atoms with Crippen LogP contribution in [0, 0.1) is 5.92 Å². The largest absolute Gasteiger partial charge is 0.348 e. The van der Waals surface area contributed by atoms with E-state index in [4.69, 9.17) is 5.73 Å². The van der Waals surface area contributed by atoms with E-state index in [9.17, 15) is 9.59 Å². The molecule has 4 N–H and O–H groups in total. The molecular formula is C20H26N4O2. The standard InChI is InChI=1S/C20H26N4O2/c1-13(2)19(21)20(26)23-12-18(25)24-14(3)15-4-6-16(7-5-15)17-8-10-22-11-9-17/h4-11,13-14,19H,12,21H2,1-3H3,(H,23,26)(H,24,25)/t14?,19-/m0/s1. The van der Waals surface area contributed by atoms with Crippen LogP contribution in [0.4, 0.5) is 0 Å². The zero-order valence-electron chi connectivity index (χ0n) is 15.4. The van der Waals surface area contributed by atoms with Crippen LogP contribution in [0.3, 0.4) is 0 Å². The molecule has 6 heteroatoms. The van der Waals surface area contributed by atoms with Crippen LogP contribution in [-0.2, 0) is 9.59 Å². The maximum Gasteiger partial charge on any atom is 0.239 e. The normalized spacial score (nSPS) is 13.1. The summed E-state index contributed by atoms with van der Waals surface area (Å²) in [5.41, 5.74) is 8.92. The van der Waals surface area contributed by atoms with E-state index in [1.807, 2.05) is 57.2 Å². The number of rotatable bonds is 7. The number of aromatic nitrogens is 1. The Balaban J connectivity index is 1.88. The smallest absolute Gasteiger partial charge is 0.239 e. The summed E-state index contributed by atoms with van der Waals surface area (Å²) < 4.78 is 0. The molecule has 138 valence electrons. The van der Waals surface area contributed by atoms with Gasteiger partial charge in [-0.15, -0.1) is 0 Å². The van der Waals surface area contributed by atoms with Gasteiger partial charge in [-0.25, -0.2) is 0 Å². The first-order valence-corrected chi connectivity index (χ1v) is 8.71. The van der Waals surface area contributed by atoms with Gasteiger partial charge in [-0.05, 0) is 41.7 Å². The van der Waals surface area contributed by atoms with Gasteiger partial charge in [-0.2, -0.15) is 0 Å². The van der Waals surface area contributed by atoms with Crippen LogP contribution in [0.1, 0.15) is 32.4 Å². The van der Waals surface area contributed by atoms with Crippen molar-refractivity contribution in [3.8, 4) is 11.1 Å². The van der Waals surface area contributed by atoms with Gasteiger partial charge in [0.05, 0.1) is 18.6 Å². The van der Waals surface area contributed by atoms with E-state index in [-0.39, 0.29) is 30.3 Å². The summed E-state index contributed by atoms with van der Waals surface area (Å²) in [6, 6.07) is 11.1. The quantitative estimate of drug-likeness (QED) is 0.709. The van der Waals surface area contributed by atoms with Crippen molar-refractivity contribution in [2.24, 2.45) is 11.7 Å². The van der Waals surface area contributed by atoms with E-state index in [0.717, 1.165) is 16.7 Å². The van der Waals surface area contributed by atoms with Gasteiger partial charge in [0.2, 0.25) is 11.8 Å². The van der Waals surface area contributed by atoms with Crippen LogP contribution in [0.25, 0.3) is 11.1 Å². The minimum absolute atomic E-state index is 0.0240. The van der Waals surface area contributed by atoms with Gasteiger partial charge in [0.1, 0.15) is 0 Å². The molecule has 2 atom stereocenters. The van der Waals surface area contributed by atoms with Crippen molar-refractivity contribution < 1.29 is 9.59 Å². The van der Waals surface area contributed by atoms with E-state index in [2.05, 4.69) is 15.6 Å². The van der Waals surface area contributed by atoms with Gasteiger partial charge in [-0.3, -0.25) is 14.6 Å². The minimum atomic E-state index is -0.610. The number of carbonyl (C=O) groups is 2. The van der Waals surface area contributed by atoms with E-state index in [1.54, 1.807) is 12.4 Å². The summed E-state index contributed by atoms with van der Waals surface area (Å²) in [7, 11) is 0. The molecule has 6 nitrogen and oxygen atoms in total. The highest BCUT2D eigenvalue weighted by molar-refractivity contribution is 5.87. The minimum Gasteiger partial charge on any atom is -0.348 e. The molecule has 2 amide bonds. The summed E-state index contributed by atoms with van der Waals surface area (Å²) in [6.45, 7) is 5.55. The molecule has 0 saturated carbocycles. The molecule has 26 heavy (non-hydrogen) atoms. The zero-order chi connectivity index (χ0) is 19.1. The van der Waals surface area contributed by atoms with Crippen LogP contribution in [-0.4, -0.2) is 29.4 Å². The number of pyridine rings is 1. The van der Waals surface area contributed by atoms with Crippen molar-refractivity contribution in [1.82, 2.24) is 15.6 Å². The summed E-state index contributed by atoms with van der Waals surface area (Å²) >= 11 is 0. The molecule has 0 fully saturated rings. The maximum atomic E-state index is 12.0. The van der Waals surface area contributed by atoms with Crippen LogP contribution in [0.15, 0.2) is 48.8 Å². The van der Waals surface area contributed by atoms with E-state index in [1.165, 1.54) is 0 Å². The molecule has 0 bridgehead atoms. The molecule has 1 aromatic carbocycles. The number of nitrogens with one attached hydrogen (secondary N) is 2. The first-order valence-electron chi connectivity index (χ1n) is 8.71. The number of nitrogens with two attached hydrogens (primary N) is 1. The second-order valence-corrected chi connectivity index (χ2v) is 6.63. The molecule has 0 radical (unpaired) electrons. The lowest BCUT2D eigenvalue weighted by Crippen LogP contribution is -2.47. The molecule has 0 saturated heterocycles. The Kier molecular flexibility index (Phi) is 6.86. The van der Waals surface area contributed by atoms with E-state index in [0.29, 0.717) is 0 Å². The van der Waals surface area contributed by atoms with Gasteiger partial charge < -0.3 is 16.4 Å². The van der Waals surface area contributed by atoms with Crippen molar-refractivity contribution >= 4 is 11.8 Å². The van der Waals surface area contributed by atoms with Crippen LogP contribution >= 0.6 is 0 Å². The van der Waals surface area contributed by atoms with Crippen molar-refractivity contribution in [1.29, 1.82) is 0 Å². The Hall–Kier alpha value is -2.73. The van der Waals surface area contributed by atoms with Gasteiger partial charge in [0, 0.05) is 12.4 Å². The molecule has 0 aliphatic heterocycles. The molecule has 0 aliphatic rings. The van der Waals surface area contributed by atoms with Crippen molar-refractivity contribution in [3.05, 3.63) is 54.4 Å². The lowest BCUT2D eigenvalue weighted by atomic mass is 10.0. The third-order valence-electron chi connectivity index (χ3n) is 4.25. The zero-order valence-corrected chi connectivity index (χ0v) is 15.4. The van der Waals surface area contributed by atoms with Crippen LogP contribution < -0.4 is 16.4 Å². The lowest BCUT2D eigenvalue weighted by Gasteiger charge is -2.17. The second-order valence-electron chi connectivity index (χ2n) is 6.63. The SMILES string of the molecule is CC(NC(=O)CNC(=O)[C@@H](N)C(C)C)c1ccc(-c2ccncc2)cc1. The molecule has 1 aromatic heterocycles. The summed E-state index contributed by atoms with van der Waals surface area (Å²) in [5.74, 6) is -0.541. The maximum absolute atomic E-state index is 12.0. The van der Waals surface area contributed by atoms with Gasteiger partial charge in [-0.1, -0.05) is 38.1 Å². The Morgan fingerprint density at radius 1 is 1.00 bits per heavy atom. The Morgan fingerprint density at radius 2 is 1.58 bits per heavy atom. The fourth-order valence-electron chi connectivity index (χ4n) is 2.47. The van der Waals surface area contributed by atoms with Crippen molar-refractivity contribution in [3.63, 3.8) is 0 Å². The molecule has 2 rings (SSSR count). The number of nitrogens with zero attached hydrogens (tertiary/aromatic N) is 1. The van der Waals surface area contributed by atoms with E-state index >= 15 is 0 Å². The molecule has 0 aliphatic carbocycles. The molecular weight excluding hydrogens is 328 g/mol.